The number of aryl methyl sites for hydroxylation is 2. The first kappa shape index (κ1) is 20.5. The Morgan fingerprint density at radius 3 is 2.97 bits per heavy atom. The fourth-order valence-electron chi connectivity index (χ4n) is 7.40. The third-order valence-corrected chi connectivity index (χ3v) is 9.13. The fraction of sp³-hybridized carbons (Fsp3) is 0.607. The van der Waals surface area contributed by atoms with Gasteiger partial charge >= 0.3 is 5.97 Å². The molecule has 1 saturated carbocycles. The summed E-state index contributed by atoms with van der Waals surface area (Å²) in [6.45, 7) is 7.61. The smallest absolute Gasteiger partial charge is 0.310 e. The van der Waals surface area contributed by atoms with Crippen LogP contribution in [0.3, 0.4) is 0 Å². The van der Waals surface area contributed by atoms with Crippen molar-refractivity contribution in [2.75, 3.05) is 6.54 Å². The van der Waals surface area contributed by atoms with E-state index < -0.39 is 0 Å². The summed E-state index contributed by atoms with van der Waals surface area (Å²) in [5.74, 6) is 0.333. The molecule has 0 spiro atoms. The van der Waals surface area contributed by atoms with Crippen LogP contribution in [0.5, 0.6) is 0 Å². The minimum atomic E-state index is -0.0243. The summed E-state index contributed by atoms with van der Waals surface area (Å²) in [7, 11) is 0. The summed E-state index contributed by atoms with van der Waals surface area (Å²) < 4.78 is 5.99. The van der Waals surface area contributed by atoms with Gasteiger partial charge in [-0.05, 0) is 88.3 Å². The Labute approximate surface area is 191 Å². The number of carbonyl (C=O) groups excluding carboxylic acids is 1. The number of H-pyrrole nitrogens is 1. The SMILES string of the molecule is CC1=C2C[C@@H]3[C@H](CN[C@H]4CCCc5c4[nH]c4ccc(C)cc54)C(=O)O[C@@H]3C[C@@]2(C)CCC1. The second-order valence-corrected chi connectivity index (χ2v) is 11.2. The maximum atomic E-state index is 12.9. The standard InChI is InChI=1S/C28H36N2O2/c1-16-9-10-23-19(12-16)18-7-4-8-24(26(18)30-23)29-15-21-20-13-22-17(2)6-5-11-28(22,3)14-25(20)32-27(21)31/h9-10,12,20-21,24-25,29-30H,4-8,11,13-15H2,1-3H3/t20-,21+,24+,25-,28-/m1/s1. The number of rotatable bonds is 3. The molecule has 2 heterocycles. The van der Waals surface area contributed by atoms with E-state index in [4.69, 9.17) is 4.74 Å². The normalized spacial score (nSPS) is 34.3. The second kappa shape index (κ2) is 7.48. The maximum absolute atomic E-state index is 12.9. The maximum Gasteiger partial charge on any atom is 0.310 e. The number of hydrogen-bond acceptors (Lipinski definition) is 3. The summed E-state index contributed by atoms with van der Waals surface area (Å²) in [5, 5.41) is 5.18. The molecule has 0 radical (unpaired) electrons. The summed E-state index contributed by atoms with van der Waals surface area (Å²) in [6.07, 6.45) is 9.36. The highest BCUT2D eigenvalue weighted by molar-refractivity contribution is 5.85. The number of ether oxygens (including phenoxy) is 1. The van der Waals surface area contributed by atoms with Crippen molar-refractivity contribution in [3.05, 3.63) is 46.2 Å². The van der Waals surface area contributed by atoms with Crippen LogP contribution in [0.2, 0.25) is 0 Å². The third-order valence-electron chi connectivity index (χ3n) is 9.13. The number of allylic oxidation sites excluding steroid dienone is 2. The van der Waals surface area contributed by atoms with Gasteiger partial charge in [0.2, 0.25) is 0 Å². The van der Waals surface area contributed by atoms with Gasteiger partial charge in [0.15, 0.2) is 0 Å². The van der Waals surface area contributed by atoms with Crippen molar-refractivity contribution in [1.82, 2.24) is 10.3 Å². The molecule has 6 rings (SSSR count). The molecule has 0 bridgehead atoms. The van der Waals surface area contributed by atoms with E-state index in [2.05, 4.69) is 49.3 Å². The van der Waals surface area contributed by atoms with E-state index in [1.165, 1.54) is 53.4 Å². The molecule has 4 aliphatic rings. The van der Waals surface area contributed by atoms with E-state index in [-0.39, 0.29) is 23.4 Å². The van der Waals surface area contributed by atoms with Crippen molar-refractivity contribution in [3.8, 4) is 0 Å². The number of benzene rings is 1. The van der Waals surface area contributed by atoms with Crippen LogP contribution in [0.4, 0.5) is 0 Å². The first-order chi connectivity index (χ1) is 15.4. The van der Waals surface area contributed by atoms with Gasteiger partial charge in [-0.25, -0.2) is 0 Å². The largest absolute Gasteiger partial charge is 0.462 e. The molecule has 1 aliphatic heterocycles. The van der Waals surface area contributed by atoms with E-state index in [0.29, 0.717) is 12.0 Å². The number of esters is 1. The number of nitrogens with one attached hydrogen (secondary N) is 2. The van der Waals surface area contributed by atoms with E-state index in [0.717, 1.165) is 32.2 Å². The van der Waals surface area contributed by atoms with Crippen LogP contribution in [0.1, 0.15) is 81.7 Å². The Kier molecular flexibility index (Phi) is 4.80. The molecule has 5 atom stereocenters. The number of aromatic nitrogens is 1. The average Bonchev–Trinajstić information content (AvgIpc) is 3.27. The lowest BCUT2D eigenvalue weighted by Gasteiger charge is -2.45. The van der Waals surface area contributed by atoms with Gasteiger partial charge in [0.05, 0.1) is 5.92 Å². The van der Waals surface area contributed by atoms with Gasteiger partial charge in [0.25, 0.3) is 0 Å². The van der Waals surface area contributed by atoms with Crippen LogP contribution >= 0.6 is 0 Å². The molecule has 1 aromatic carbocycles. The Balaban J connectivity index is 1.22. The lowest BCUT2D eigenvalue weighted by Crippen LogP contribution is -2.41. The Bertz CT molecular complexity index is 1110. The van der Waals surface area contributed by atoms with E-state index in [1.807, 2.05) is 0 Å². The van der Waals surface area contributed by atoms with Gasteiger partial charge in [-0.1, -0.05) is 29.7 Å². The summed E-state index contributed by atoms with van der Waals surface area (Å²) in [5.41, 5.74) is 8.81. The van der Waals surface area contributed by atoms with Gasteiger partial charge < -0.3 is 15.0 Å². The Hall–Kier alpha value is -2.07. The van der Waals surface area contributed by atoms with Crippen molar-refractivity contribution in [3.63, 3.8) is 0 Å². The van der Waals surface area contributed by atoms with Crippen molar-refractivity contribution >= 4 is 16.9 Å². The number of carbonyl (C=O) groups is 1. The van der Waals surface area contributed by atoms with Crippen LogP contribution in [-0.4, -0.2) is 23.6 Å². The summed E-state index contributed by atoms with van der Waals surface area (Å²) in [4.78, 5) is 16.6. The lowest BCUT2D eigenvalue weighted by molar-refractivity contribution is -0.145. The average molecular weight is 433 g/mol. The first-order valence-electron chi connectivity index (χ1n) is 12.7. The fourth-order valence-corrected chi connectivity index (χ4v) is 7.40. The molecule has 32 heavy (non-hydrogen) atoms. The van der Waals surface area contributed by atoms with E-state index in [1.54, 1.807) is 11.1 Å². The van der Waals surface area contributed by atoms with E-state index >= 15 is 0 Å². The Morgan fingerprint density at radius 1 is 1.22 bits per heavy atom. The van der Waals surface area contributed by atoms with Crippen molar-refractivity contribution in [1.29, 1.82) is 0 Å². The molecule has 4 nitrogen and oxygen atoms in total. The molecule has 2 N–H and O–H groups in total. The molecule has 2 fully saturated rings. The highest BCUT2D eigenvalue weighted by Gasteiger charge is 2.52. The predicted molar refractivity (Wildman–Crippen MR) is 127 cm³/mol. The topological polar surface area (TPSA) is 54.1 Å². The molecule has 2 aromatic rings. The number of fused-ring (bicyclic) bond motifs is 5. The van der Waals surface area contributed by atoms with Gasteiger partial charge in [-0.2, -0.15) is 0 Å². The van der Waals surface area contributed by atoms with Crippen LogP contribution in [0, 0.1) is 24.2 Å². The Morgan fingerprint density at radius 2 is 2.09 bits per heavy atom. The molecule has 1 saturated heterocycles. The molecule has 3 aliphatic carbocycles. The van der Waals surface area contributed by atoms with Gasteiger partial charge in [0, 0.05) is 35.1 Å². The highest BCUT2D eigenvalue weighted by atomic mass is 16.6. The molecular weight excluding hydrogens is 396 g/mol. The molecule has 0 unspecified atom stereocenters. The molecular formula is C28H36N2O2. The van der Waals surface area contributed by atoms with Gasteiger partial charge in [-0.15, -0.1) is 0 Å². The van der Waals surface area contributed by atoms with Crippen molar-refractivity contribution in [2.24, 2.45) is 17.3 Å². The summed E-state index contributed by atoms with van der Waals surface area (Å²) in [6, 6.07) is 6.99. The summed E-state index contributed by atoms with van der Waals surface area (Å²) >= 11 is 0. The highest BCUT2D eigenvalue weighted by Crippen LogP contribution is 2.55. The molecule has 0 amide bonds. The van der Waals surface area contributed by atoms with E-state index in [9.17, 15) is 4.79 Å². The number of aromatic amines is 1. The monoisotopic (exact) mass is 432 g/mol. The molecule has 4 heteroatoms. The number of hydrogen-bond donors (Lipinski definition) is 2. The third kappa shape index (κ3) is 3.17. The zero-order valence-corrected chi connectivity index (χ0v) is 19.7. The van der Waals surface area contributed by atoms with Gasteiger partial charge in [0.1, 0.15) is 6.10 Å². The van der Waals surface area contributed by atoms with Crippen molar-refractivity contribution in [2.45, 2.75) is 84.3 Å². The minimum absolute atomic E-state index is 0.0243. The van der Waals surface area contributed by atoms with Crippen molar-refractivity contribution < 1.29 is 9.53 Å². The van der Waals surface area contributed by atoms with Crippen LogP contribution < -0.4 is 5.32 Å². The van der Waals surface area contributed by atoms with Gasteiger partial charge in [-0.3, -0.25) is 4.79 Å². The molecule has 1 aromatic heterocycles. The lowest BCUT2D eigenvalue weighted by atomic mass is 9.59. The van der Waals surface area contributed by atoms with Crippen LogP contribution in [0.15, 0.2) is 29.3 Å². The predicted octanol–water partition coefficient (Wildman–Crippen LogP) is 5.90. The van der Waals surface area contributed by atoms with Crippen LogP contribution in [-0.2, 0) is 16.0 Å². The zero-order valence-electron chi connectivity index (χ0n) is 19.7. The zero-order chi connectivity index (χ0) is 22.0. The second-order valence-electron chi connectivity index (χ2n) is 11.2. The van der Waals surface area contributed by atoms with Crippen LogP contribution in [0.25, 0.3) is 10.9 Å². The molecule has 170 valence electrons. The first-order valence-corrected chi connectivity index (χ1v) is 12.7. The minimum Gasteiger partial charge on any atom is -0.462 e. The quantitative estimate of drug-likeness (QED) is 0.469.